The maximum absolute atomic E-state index is 10.9. The van der Waals surface area contributed by atoms with Gasteiger partial charge in [-0.2, -0.15) is 0 Å². The molecule has 8 heteroatoms. The first kappa shape index (κ1) is 18.8. The summed E-state index contributed by atoms with van der Waals surface area (Å²) in [5, 5.41) is 23.2. The number of fused-ring (bicyclic) bond motifs is 2. The van der Waals surface area contributed by atoms with Crippen molar-refractivity contribution >= 4 is 28.6 Å². The van der Waals surface area contributed by atoms with Crippen molar-refractivity contribution in [3.63, 3.8) is 0 Å². The van der Waals surface area contributed by atoms with Crippen molar-refractivity contribution in [1.29, 1.82) is 0 Å². The molecule has 0 aliphatic carbocycles. The number of nitrogens with zero attached hydrogens (tertiary/aromatic N) is 4. The molecule has 1 atom stereocenters. The molecule has 3 aromatic rings. The highest BCUT2D eigenvalue weighted by atomic mass is 16.5. The Hall–Kier alpha value is -3.23. The number of hydrogen-bond donors (Lipinski definition) is 2. The normalized spacial score (nSPS) is 18.8. The van der Waals surface area contributed by atoms with Crippen LogP contribution in [0.25, 0.3) is 22.7 Å². The molecule has 1 aromatic carbocycles. The predicted octanol–water partition coefficient (Wildman–Crippen LogP) is 4.10. The van der Waals surface area contributed by atoms with Crippen LogP contribution < -0.4 is 10.1 Å². The molecule has 2 aliphatic heterocycles. The zero-order valence-corrected chi connectivity index (χ0v) is 16.9. The number of azo groups is 1. The third-order valence-electron chi connectivity index (χ3n) is 5.78. The molecule has 2 aliphatic rings. The molecule has 30 heavy (non-hydrogen) atoms. The van der Waals surface area contributed by atoms with E-state index in [4.69, 9.17) is 9.15 Å². The fourth-order valence-electron chi connectivity index (χ4n) is 4.15. The molecular formula is C22H23N5O3. The smallest absolute Gasteiger partial charge is 0.183 e. The zero-order chi connectivity index (χ0) is 20.7. The van der Waals surface area contributed by atoms with Crippen LogP contribution in [0, 0.1) is 0 Å². The third kappa shape index (κ3) is 3.05. The van der Waals surface area contributed by atoms with Gasteiger partial charge in [-0.15, -0.1) is 10.2 Å². The van der Waals surface area contributed by atoms with Crippen molar-refractivity contribution in [3.05, 3.63) is 47.3 Å². The first-order valence-corrected chi connectivity index (χ1v) is 10.0. The van der Waals surface area contributed by atoms with E-state index < -0.39 is 0 Å². The highest BCUT2D eigenvalue weighted by molar-refractivity contribution is 5.95. The largest absolute Gasteiger partial charge is 0.504 e. The number of methoxy groups -OCH3 is 1. The second kappa shape index (κ2) is 7.55. The minimum absolute atomic E-state index is 0.0768. The van der Waals surface area contributed by atoms with Gasteiger partial charge in [0.2, 0.25) is 0 Å². The van der Waals surface area contributed by atoms with Gasteiger partial charge >= 0.3 is 0 Å². The molecule has 1 fully saturated rings. The van der Waals surface area contributed by atoms with E-state index in [1.807, 2.05) is 24.3 Å². The van der Waals surface area contributed by atoms with Gasteiger partial charge in [-0.3, -0.25) is 4.90 Å². The second-order valence-electron chi connectivity index (χ2n) is 7.44. The van der Waals surface area contributed by atoms with Crippen LogP contribution in [-0.2, 0) is 0 Å². The van der Waals surface area contributed by atoms with Crippen LogP contribution in [0.4, 0.5) is 5.82 Å². The molecule has 8 nitrogen and oxygen atoms in total. The van der Waals surface area contributed by atoms with Crippen LogP contribution in [0.5, 0.6) is 11.5 Å². The maximum atomic E-state index is 10.9. The molecule has 0 radical (unpaired) electrons. The molecule has 154 valence electrons. The highest BCUT2D eigenvalue weighted by Gasteiger charge is 2.27. The van der Waals surface area contributed by atoms with E-state index in [0.29, 0.717) is 28.2 Å². The van der Waals surface area contributed by atoms with Crippen LogP contribution in [0.2, 0.25) is 0 Å². The molecule has 0 spiro atoms. The molecular weight excluding hydrogens is 382 g/mol. The molecule has 1 unspecified atom stereocenters. The van der Waals surface area contributed by atoms with Crippen molar-refractivity contribution in [2.45, 2.75) is 13.0 Å². The summed E-state index contributed by atoms with van der Waals surface area (Å²) in [5.41, 5.74) is 2.98. The summed E-state index contributed by atoms with van der Waals surface area (Å²) in [6.07, 6.45) is 3.38. The lowest BCUT2D eigenvalue weighted by atomic mass is 10.0. The van der Waals surface area contributed by atoms with Crippen molar-refractivity contribution in [2.75, 3.05) is 33.3 Å². The Morgan fingerprint density at radius 3 is 2.87 bits per heavy atom. The van der Waals surface area contributed by atoms with E-state index in [1.54, 1.807) is 19.4 Å². The summed E-state index contributed by atoms with van der Waals surface area (Å²) < 4.78 is 11.8. The molecule has 1 saturated heterocycles. The van der Waals surface area contributed by atoms with Crippen LogP contribution >= 0.6 is 0 Å². The monoisotopic (exact) mass is 405 g/mol. The first-order valence-electron chi connectivity index (χ1n) is 10.0. The number of pyridine rings is 1. The Bertz CT molecular complexity index is 1160. The minimum Gasteiger partial charge on any atom is -0.504 e. The third-order valence-corrected chi connectivity index (χ3v) is 5.78. The van der Waals surface area contributed by atoms with Gasteiger partial charge in [0, 0.05) is 50.1 Å². The number of benzene rings is 1. The average molecular weight is 405 g/mol. The fourth-order valence-corrected chi connectivity index (χ4v) is 4.15. The summed E-state index contributed by atoms with van der Waals surface area (Å²) in [5.74, 6) is 1.74. The van der Waals surface area contributed by atoms with Gasteiger partial charge in [0.05, 0.1) is 18.1 Å². The van der Waals surface area contributed by atoms with Crippen LogP contribution in [0.15, 0.2) is 45.1 Å². The average Bonchev–Trinajstić information content (AvgIpc) is 3.34. The molecule has 0 saturated carbocycles. The summed E-state index contributed by atoms with van der Waals surface area (Å²) >= 11 is 0. The predicted molar refractivity (Wildman–Crippen MR) is 114 cm³/mol. The van der Waals surface area contributed by atoms with E-state index >= 15 is 0 Å². The summed E-state index contributed by atoms with van der Waals surface area (Å²) in [6, 6.07) is 7.52. The standard InChI is InChI=1S/C22H23N5O3/c1-13(27-10-8-23-9-11-27)19-17(29-2)6-5-15-20(28)18(30-21(15)19)12-16-14-4-3-7-24-22(14)26-25-16/h3-7,12-13,23,28H,8-11H2,1-2H3. The minimum atomic E-state index is 0.0768. The van der Waals surface area contributed by atoms with Gasteiger partial charge in [0.25, 0.3) is 0 Å². The molecule has 5 rings (SSSR count). The van der Waals surface area contributed by atoms with Gasteiger partial charge < -0.3 is 19.6 Å². The summed E-state index contributed by atoms with van der Waals surface area (Å²) in [6.45, 7) is 5.92. The lowest BCUT2D eigenvalue weighted by Crippen LogP contribution is -2.44. The number of ether oxygens (including phenoxy) is 1. The molecule has 2 aromatic heterocycles. The van der Waals surface area contributed by atoms with Gasteiger partial charge in [-0.25, -0.2) is 4.98 Å². The Morgan fingerprint density at radius 1 is 1.23 bits per heavy atom. The van der Waals surface area contributed by atoms with Gasteiger partial charge in [-0.05, 0) is 31.2 Å². The quantitative estimate of drug-likeness (QED) is 0.678. The van der Waals surface area contributed by atoms with E-state index in [2.05, 4.69) is 32.4 Å². The van der Waals surface area contributed by atoms with Gasteiger partial charge in [0.15, 0.2) is 17.3 Å². The molecule has 0 bridgehead atoms. The van der Waals surface area contributed by atoms with Crippen molar-refractivity contribution < 1.29 is 14.3 Å². The van der Waals surface area contributed by atoms with Crippen LogP contribution in [-0.4, -0.2) is 48.3 Å². The fraction of sp³-hybridized carbons (Fsp3) is 0.318. The van der Waals surface area contributed by atoms with Gasteiger partial charge in [-0.1, -0.05) is 0 Å². The first-order chi connectivity index (χ1) is 14.7. The zero-order valence-electron chi connectivity index (χ0n) is 16.9. The van der Waals surface area contributed by atoms with Crippen molar-refractivity contribution in [3.8, 4) is 11.5 Å². The Morgan fingerprint density at radius 2 is 2.07 bits per heavy atom. The summed E-state index contributed by atoms with van der Waals surface area (Å²) in [7, 11) is 1.66. The lowest BCUT2D eigenvalue weighted by molar-refractivity contribution is 0.183. The maximum Gasteiger partial charge on any atom is 0.183 e. The number of hydrogen-bond acceptors (Lipinski definition) is 8. The SMILES string of the molecule is COc1ccc2c(O)c(C=C3N=Nc4ncccc43)oc2c1C(C)N1CCNCC1. The number of nitrogens with one attached hydrogen (secondary N) is 1. The number of aromatic nitrogens is 1. The van der Waals surface area contributed by atoms with E-state index in [-0.39, 0.29) is 11.8 Å². The highest BCUT2D eigenvalue weighted by Crippen LogP contribution is 2.44. The van der Waals surface area contributed by atoms with Crippen LogP contribution in [0.1, 0.15) is 29.9 Å². The molecule has 2 N–H and O–H groups in total. The Balaban J connectivity index is 1.62. The molecule has 4 heterocycles. The lowest BCUT2D eigenvalue weighted by Gasteiger charge is -2.33. The van der Waals surface area contributed by atoms with Crippen molar-refractivity contribution in [2.24, 2.45) is 10.2 Å². The second-order valence-corrected chi connectivity index (χ2v) is 7.44. The van der Waals surface area contributed by atoms with E-state index in [9.17, 15) is 5.11 Å². The topological polar surface area (TPSA) is 95.5 Å². The molecule has 0 amide bonds. The number of rotatable bonds is 4. The van der Waals surface area contributed by atoms with Crippen LogP contribution in [0.3, 0.4) is 0 Å². The Labute approximate surface area is 173 Å². The number of aromatic hydroxyl groups is 1. The summed E-state index contributed by atoms with van der Waals surface area (Å²) in [4.78, 5) is 6.59. The number of piperazine rings is 1. The number of furan rings is 1. The Kier molecular flexibility index (Phi) is 4.72. The van der Waals surface area contributed by atoms with E-state index in [0.717, 1.165) is 43.1 Å². The van der Waals surface area contributed by atoms with Crippen molar-refractivity contribution in [1.82, 2.24) is 15.2 Å². The van der Waals surface area contributed by atoms with E-state index in [1.165, 1.54) is 0 Å². The van der Waals surface area contributed by atoms with Gasteiger partial charge in [0.1, 0.15) is 17.0 Å².